The summed E-state index contributed by atoms with van der Waals surface area (Å²) in [4.78, 5) is 18.7. The molecule has 2 fully saturated rings. The Kier molecular flexibility index (Phi) is 9.60. The number of carbonyl (C=O) groups excluding carboxylic acids is 1. The lowest BCUT2D eigenvalue weighted by molar-refractivity contribution is -0.106. The monoisotopic (exact) mass is 409 g/mol. The summed E-state index contributed by atoms with van der Waals surface area (Å²) >= 11 is 1.51. The number of hydrogen-bond donors (Lipinski definition) is 2. The van der Waals surface area contributed by atoms with Crippen LogP contribution in [0.5, 0.6) is 11.1 Å². The Morgan fingerprint density at radius 1 is 1.32 bits per heavy atom. The van der Waals surface area contributed by atoms with Gasteiger partial charge in [0, 0.05) is 12.1 Å². The highest BCUT2D eigenvalue weighted by molar-refractivity contribution is 7.19. The quantitative estimate of drug-likeness (QED) is 0.678. The molecule has 8 heteroatoms. The highest BCUT2D eigenvalue weighted by Gasteiger charge is 2.25. The highest BCUT2D eigenvalue weighted by Crippen LogP contribution is 2.33. The number of rotatable bonds is 7. The van der Waals surface area contributed by atoms with Crippen molar-refractivity contribution >= 4 is 28.0 Å². The van der Waals surface area contributed by atoms with Crippen LogP contribution in [0, 0.1) is 5.92 Å². The average molecular weight is 410 g/mol. The third-order valence-electron chi connectivity index (χ3n) is 4.46. The van der Waals surface area contributed by atoms with Gasteiger partial charge in [-0.05, 0) is 58.6 Å². The van der Waals surface area contributed by atoms with Crippen LogP contribution in [-0.2, 0) is 4.79 Å². The summed E-state index contributed by atoms with van der Waals surface area (Å²) in [6, 6.07) is 4.11. The molecule has 28 heavy (non-hydrogen) atoms. The van der Waals surface area contributed by atoms with Gasteiger partial charge in [0.05, 0.1) is 13.2 Å². The Morgan fingerprint density at radius 2 is 2.04 bits per heavy atom. The number of nitrogens with one attached hydrogen (secondary N) is 1. The lowest BCUT2D eigenvalue weighted by atomic mass is 9.86. The van der Waals surface area contributed by atoms with Gasteiger partial charge in [0.1, 0.15) is 17.9 Å². The number of likely N-dealkylation sites (N-methyl/N-ethyl adjacent to an activating group) is 1. The lowest BCUT2D eigenvalue weighted by Gasteiger charge is -2.24. The molecule has 2 aliphatic rings. The van der Waals surface area contributed by atoms with Crippen molar-refractivity contribution in [1.82, 2.24) is 15.3 Å². The number of carbonyl (C=O) groups is 1. The summed E-state index contributed by atoms with van der Waals surface area (Å²) in [5.74, 6) is 1.44. The average Bonchev–Trinajstić information content (AvgIpc) is 3.37. The standard InChI is InChI=1S/C14H16N2O2S.C4H11NO.C2H4O/c1-2-9(3-1)8-17-12-7-6-11-13(16-12)19-14(15-11)18-10-4-5-10;1-4(3-6)5-2;1-2-3/h6-7,9-10H,1-5,8H2;4-6H,3H2,1-2H3;2H,1H3. The molecule has 0 spiro atoms. The molecule has 0 radical (unpaired) electrons. The summed E-state index contributed by atoms with van der Waals surface area (Å²) in [5, 5.41) is 11.9. The van der Waals surface area contributed by atoms with Crippen LogP contribution < -0.4 is 14.8 Å². The third kappa shape index (κ3) is 7.69. The molecule has 1 unspecified atom stereocenters. The fraction of sp³-hybridized carbons (Fsp3) is 0.650. The number of nitrogens with zero attached hydrogens (tertiary/aromatic N) is 2. The van der Waals surface area contributed by atoms with Crippen molar-refractivity contribution in [3.05, 3.63) is 12.1 Å². The van der Waals surface area contributed by atoms with Crippen molar-refractivity contribution in [3.8, 4) is 11.1 Å². The Balaban J connectivity index is 0.000000266. The van der Waals surface area contributed by atoms with Crippen molar-refractivity contribution < 1.29 is 19.4 Å². The highest BCUT2D eigenvalue weighted by atomic mass is 32.1. The molecule has 0 saturated heterocycles. The summed E-state index contributed by atoms with van der Waals surface area (Å²) < 4.78 is 11.4. The summed E-state index contributed by atoms with van der Waals surface area (Å²) in [5.41, 5.74) is 0.900. The SMILES string of the molecule is CC=O.CNC(C)CO.c1cc2nc(OC3CC3)sc2nc1OCC1CCC1. The predicted molar refractivity (Wildman–Crippen MR) is 111 cm³/mol. The van der Waals surface area contributed by atoms with Gasteiger partial charge in [-0.1, -0.05) is 17.8 Å². The van der Waals surface area contributed by atoms with Crippen molar-refractivity contribution in [2.24, 2.45) is 5.92 Å². The Hall–Kier alpha value is -1.77. The first-order valence-electron chi connectivity index (χ1n) is 9.84. The van der Waals surface area contributed by atoms with E-state index in [-0.39, 0.29) is 12.6 Å². The van der Waals surface area contributed by atoms with Gasteiger partial charge in [-0.3, -0.25) is 0 Å². The van der Waals surface area contributed by atoms with E-state index in [0.717, 1.165) is 47.2 Å². The molecule has 2 heterocycles. The maximum atomic E-state index is 8.81. The molecular formula is C20H31N3O4S. The molecule has 7 nitrogen and oxygen atoms in total. The van der Waals surface area contributed by atoms with Crippen molar-refractivity contribution in [1.29, 1.82) is 0 Å². The maximum absolute atomic E-state index is 8.81. The smallest absolute Gasteiger partial charge is 0.276 e. The first-order valence-corrected chi connectivity index (χ1v) is 10.7. The van der Waals surface area contributed by atoms with Crippen LogP contribution >= 0.6 is 11.3 Å². The molecule has 2 aliphatic carbocycles. The Morgan fingerprint density at radius 3 is 2.54 bits per heavy atom. The molecule has 1 atom stereocenters. The van der Waals surface area contributed by atoms with E-state index in [0.29, 0.717) is 12.0 Å². The van der Waals surface area contributed by atoms with Gasteiger partial charge in [-0.2, -0.15) is 0 Å². The van der Waals surface area contributed by atoms with E-state index in [9.17, 15) is 0 Å². The van der Waals surface area contributed by atoms with Crippen LogP contribution in [-0.4, -0.2) is 53.8 Å². The molecular weight excluding hydrogens is 378 g/mol. The van der Waals surface area contributed by atoms with Crippen LogP contribution in [0.1, 0.15) is 46.0 Å². The number of pyridine rings is 1. The number of thiazole rings is 1. The number of ether oxygens (including phenoxy) is 2. The largest absolute Gasteiger partial charge is 0.477 e. The zero-order valence-corrected chi connectivity index (χ0v) is 17.7. The first-order chi connectivity index (χ1) is 13.6. The Labute approximate surface area is 170 Å². The summed E-state index contributed by atoms with van der Waals surface area (Å²) in [6.45, 7) is 4.37. The zero-order chi connectivity index (χ0) is 20.4. The van der Waals surface area contributed by atoms with Crippen LogP contribution in [0.2, 0.25) is 0 Å². The topological polar surface area (TPSA) is 93.6 Å². The number of aldehydes is 1. The van der Waals surface area contributed by atoms with Crippen LogP contribution in [0.15, 0.2) is 12.1 Å². The summed E-state index contributed by atoms with van der Waals surface area (Å²) in [6.07, 6.45) is 7.37. The van der Waals surface area contributed by atoms with Gasteiger partial charge in [0.2, 0.25) is 5.88 Å². The van der Waals surface area contributed by atoms with Crippen LogP contribution in [0.4, 0.5) is 0 Å². The molecule has 0 aromatic carbocycles. The molecule has 2 saturated carbocycles. The number of aromatic nitrogens is 2. The van der Waals surface area contributed by atoms with Gasteiger partial charge in [0.15, 0.2) is 4.83 Å². The second kappa shape index (κ2) is 11.9. The van der Waals surface area contributed by atoms with E-state index < -0.39 is 0 Å². The minimum Gasteiger partial charge on any atom is -0.477 e. The molecule has 2 aromatic rings. The fourth-order valence-electron chi connectivity index (χ4n) is 2.19. The molecule has 0 aliphatic heterocycles. The molecule has 2 N–H and O–H groups in total. The van der Waals surface area contributed by atoms with Gasteiger partial charge < -0.3 is 24.7 Å². The van der Waals surface area contributed by atoms with Crippen LogP contribution in [0.25, 0.3) is 10.3 Å². The lowest BCUT2D eigenvalue weighted by Crippen LogP contribution is -2.24. The normalized spacial score (nSPS) is 16.7. The van der Waals surface area contributed by atoms with E-state index in [2.05, 4.69) is 15.3 Å². The number of fused-ring (bicyclic) bond motifs is 1. The number of aliphatic hydroxyl groups is 1. The summed E-state index contributed by atoms with van der Waals surface area (Å²) in [7, 11) is 1.82. The number of hydrogen-bond acceptors (Lipinski definition) is 8. The molecule has 156 valence electrons. The van der Waals surface area contributed by atoms with Crippen molar-refractivity contribution in [3.63, 3.8) is 0 Å². The minimum atomic E-state index is 0.219. The maximum Gasteiger partial charge on any atom is 0.276 e. The van der Waals surface area contributed by atoms with Crippen molar-refractivity contribution in [2.75, 3.05) is 20.3 Å². The van der Waals surface area contributed by atoms with E-state index in [1.165, 1.54) is 37.5 Å². The number of aliphatic hydroxyl groups excluding tert-OH is 1. The van der Waals surface area contributed by atoms with E-state index in [4.69, 9.17) is 19.4 Å². The third-order valence-corrected chi connectivity index (χ3v) is 5.32. The first kappa shape index (κ1) is 22.5. The van der Waals surface area contributed by atoms with Gasteiger partial charge in [-0.25, -0.2) is 9.97 Å². The fourth-order valence-corrected chi connectivity index (χ4v) is 3.04. The minimum absolute atomic E-state index is 0.219. The second-order valence-corrected chi connectivity index (χ2v) is 7.93. The predicted octanol–water partition coefficient (Wildman–Crippen LogP) is 3.20. The van der Waals surface area contributed by atoms with Crippen molar-refractivity contribution in [2.45, 2.75) is 58.1 Å². The molecule has 0 amide bonds. The Bertz CT molecular complexity index is 713. The van der Waals surface area contributed by atoms with Gasteiger partial charge >= 0.3 is 0 Å². The van der Waals surface area contributed by atoms with E-state index >= 15 is 0 Å². The van der Waals surface area contributed by atoms with E-state index in [1.807, 2.05) is 26.1 Å². The van der Waals surface area contributed by atoms with Gasteiger partial charge in [-0.15, -0.1) is 0 Å². The molecule has 2 aromatic heterocycles. The van der Waals surface area contributed by atoms with Crippen LogP contribution in [0.3, 0.4) is 0 Å². The zero-order valence-electron chi connectivity index (χ0n) is 16.9. The molecule has 4 rings (SSSR count). The van der Waals surface area contributed by atoms with Gasteiger partial charge in [0.25, 0.3) is 5.19 Å². The molecule has 0 bridgehead atoms. The van der Waals surface area contributed by atoms with E-state index in [1.54, 1.807) is 0 Å². The second-order valence-electron chi connectivity index (χ2n) is 6.99.